The first-order chi connectivity index (χ1) is 8.31. The minimum Gasteiger partial charge on any atom is -0.385 e. The molecule has 18 heavy (non-hydrogen) atoms. The molecule has 0 aliphatic carbocycles. The Hall–Kier alpha value is -1.14. The summed E-state index contributed by atoms with van der Waals surface area (Å²) in [6.45, 7) is 0.989. The highest BCUT2D eigenvalue weighted by Gasteiger charge is 2.36. The molecule has 0 unspecified atom stereocenters. The lowest BCUT2D eigenvalue weighted by atomic mass is 9.84. The summed E-state index contributed by atoms with van der Waals surface area (Å²) in [5.74, 6) is -0.980. The summed E-state index contributed by atoms with van der Waals surface area (Å²) >= 11 is 0. The molecule has 0 saturated carbocycles. The van der Waals surface area contributed by atoms with Crippen molar-refractivity contribution in [3.8, 4) is 0 Å². The zero-order chi connectivity index (χ0) is 13.4. The summed E-state index contributed by atoms with van der Waals surface area (Å²) in [5, 5.41) is 13.3. The Labute approximate surface area is 102 Å². The standard InChI is InChI=1S/C12H13F4NO/c13-10-6-8(5-9(7-10)12(14,15)16)11(18)1-3-17-4-2-11/h5-7,17-18H,1-4H2. The molecule has 0 amide bonds. The van der Waals surface area contributed by atoms with Crippen molar-refractivity contribution in [3.63, 3.8) is 0 Å². The zero-order valence-electron chi connectivity index (χ0n) is 9.52. The van der Waals surface area contributed by atoms with Crippen LogP contribution in [0.3, 0.4) is 0 Å². The number of aliphatic hydroxyl groups is 1. The molecule has 0 radical (unpaired) electrons. The van der Waals surface area contributed by atoms with Gasteiger partial charge >= 0.3 is 6.18 Å². The number of halogens is 4. The van der Waals surface area contributed by atoms with Crippen LogP contribution in [0.5, 0.6) is 0 Å². The van der Waals surface area contributed by atoms with Crippen molar-refractivity contribution in [3.05, 3.63) is 35.1 Å². The van der Waals surface area contributed by atoms with Gasteiger partial charge in [-0.05, 0) is 49.7 Å². The minimum atomic E-state index is -4.61. The molecule has 1 aromatic carbocycles. The van der Waals surface area contributed by atoms with E-state index in [1.165, 1.54) is 0 Å². The zero-order valence-corrected chi connectivity index (χ0v) is 9.52. The van der Waals surface area contributed by atoms with E-state index in [1.807, 2.05) is 0 Å². The SMILES string of the molecule is OC1(c2cc(F)cc(C(F)(F)F)c2)CCNCC1. The number of nitrogens with one attached hydrogen (secondary N) is 1. The Kier molecular flexibility index (Phi) is 3.33. The molecule has 1 fully saturated rings. The van der Waals surface area contributed by atoms with Crippen molar-refractivity contribution in [1.29, 1.82) is 0 Å². The molecule has 2 nitrogen and oxygen atoms in total. The summed E-state index contributed by atoms with van der Waals surface area (Å²) in [6, 6.07) is 2.24. The van der Waals surface area contributed by atoms with Crippen LogP contribution < -0.4 is 5.32 Å². The molecule has 100 valence electrons. The molecule has 2 rings (SSSR count). The maximum atomic E-state index is 13.3. The van der Waals surface area contributed by atoms with Crippen molar-refractivity contribution in [2.24, 2.45) is 0 Å². The fourth-order valence-electron chi connectivity index (χ4n) is 2.15. The van der Waals surface area contributed by atoms with E-state index >= 15 is 0 Å². The van der Waals surface area contributed by atoms with Gasteiger partial charge < -0.3 is 10.4 Å². The second kappa shape index (κ2) is 4.51. The average molecular weight is 263 g/mol. The van der Waals surface area contributed by atoms with Crippen LogP contribution in [-0.4, -0.2) is 18.2 Å². The first-order valence-electron chi connectivity index (χ1n) is 5.63. The van der Waals surface area contributed by atoms with E-state index in [-0.39, 0.29) is 18.4 Å². The monoisotopic (exact) mass is 263 g/mol. The fourth-order valence-corrected chi connectivity index (χ4v) is 2.15. The predicted octanol–water partition coefficient (Wildman–Crippen LogP) is 2.42. The average Bonchev–Trinajstić information content (AvgIpc) is 2.28. The summed E-state index contributed by atoms with van der Waals surface area (Å²) in [4.78, 5) is 0. The molecular formula is C12H13F4NO. The Morgan fingerprint density at radius 3 is 2.28 bits per heavy atom. The van der Waals surface area contributed by atoms with E-state index in [2.05, 4.69) is 5.32 Å². The van der Waals surface area contributed by atoms with Crippen molar-refractivity contribution >= 4 is 0 Å². The molecule has 1 aromatic rings. The van der Waals surface area contributed by atoms with Gasteiger partial charge in [0.05, 0.1) is 11.2 Å². The van der Waals surface area contributed by atoms with Crippen LogP contribution in [0.15, 0.2) is 18.2 Å². The van der Waals surface area contributed by atoms with Crippen LogP contribution in [0.2, 0.25) is 0 Å². The summed E-state index contributed by atoms with van der Waals surface area (Å²) in [5.41, 5.74) is -2.45. The Balaban J connectivity index is 2.41. The van der Waals surface area contributed by atoms with E-state index in [0.717, 1.165) is 12.1 Å². The highest BCUT2D eigenvalue weighted by Crippen LogP contribution is 2.36. The van der Waals surface area contributed by atoms with Crippen LogP contribution in [-0.2, 0) is 11.8 Å². The van der Waals surface area contributed by atoms with Gasteiger partial charge in [-0.15, -0.1) is 0 Å². The molecule has 0 atom stereocenters. The summed E-state index contributed by atoms with van der Waals surface area (Å²) < 4.78 is 51.0. The Morgan fingerprint density at radius 1 is 1.11 bits per heavy atom. The first kappa shape index (κ1) is 13.3. The van der Waals surface area contributed by atoms with E-state index < -0.39 is 23.2 Å². The Morgan fingerprint density at radius 2 is 1.72 bits per heavy atom. The van der Waals surface area contributed by atoms with Gasteiger partial charge in [-0.1, -0.05) is 0 Å². The van der Waals surface area contributed by atoms with Crippen molar-refractivity contribution in [2.75, 3.05) is 13.1 Å². The van der Waals surface area contributed by atoms with Gasteiger partial charge in [-0.3, -0.25) is 0 Å². The normalized spacial score (nSPS) is 19.8. The van der Waals surface area contributed by atoms with Gasteiger partial charge in [-0.2, -0.15) is 13.2 Å². The number of alkyl halides is 3. The van der Waals surface area contributed by atoms with Crippen molar-refractivity contribution in [2.45, 2.75) is 24.6 Å². The second-order valence-electron chi connectivity index (χ2n) is 4.51. The maximum absolute atomic E-state index is 13.3. The van der Waals surface area contributed by atoms with Gasteiger partial charge in [0.1, 0.15) is 5.82 Å². The van der Waals surface area contributed by atoms with Crippen LogP contribution >= 0.6 is 0 Å². The molecule has 1 aliphatic heterocycles. The number of rotatable bonds is 1. The highest BCUT2D eigenvalue weighted by atomic mass is 19.4. The van der Waals surface area contributed by atoms with E-state index in [4.69, 9.17) is 0 Å². The van der Waals surface area contributed by atoms with Crippen LogP contribution in [0.1, 0.15) is 24.0 Å². The third kappa shape index (κ3) is 2.64. The van der Waals surface area contributed by atoms with Crippen molar-refractivity contribution < 1.29 is 22.7 Å². The van der Waals surface area contributed by atoms with Gasteiger partial charge in [-0.25, -0.2) is 4.39 Å². The molecular weight excluding hydrogens is 250 g/mol. The number of benzene rings is 1. The smallest absolute Gasteiger partial charge is 0.385 e. The molecule has 0 aromatic heterocycles. The fraction of sp³-hybridized carbons (Fsp3) is 0.500. The Bertz CT molecular complexity index is 438. The lowest BCUT2D eigenvalue weighted by Gasteiger charge is -2.33. The van der Waals surface area contributed by atoms with E-state index in [1.54, 1.807) is 0 Å². The third-order valence-corrected chi connectivity index (χ3v) is 3.19. The molecule has 1 saturated heterocycles. The number of hydrogen-bond donors (Lipinski definition) is 2. The molecule has 0 bridgehead atoms. The quantitative estimate of drug-likeness (QED) is 0.763. The van der Waals surface area contributed by atoms with Crippen LogP contribution in [0.4, 0.5) is 17.6 Å². The van der Waals surface area contributed by atoms with Gasteiger partial charge in [0.15, 0.2) is 0 Å². The summed E-state index contributed by atoms with van der Waals surface area (Å²) in [6.07, 6.45) is -4.07. The van der Waals surface area contributed by atoms with E-state index in [0.29, 0.717) is 19.2 Å². The van der Waals surface area contributed by atoms with Crippen LogP contribution in [0.25, 0.3) is 0 Å². The largest absolute Gasteiger partial charge is 0.416 e. The van der Waals surface area contributed by atoms with Gasteiger partial charge in [0.25, 0.3) is 0 Å². The lowest BCUT2D eigenvalue weighted by Crippen LogP contribution is -2.39. The van der Waals surface area contributed by atoms with Crippen molar-refractivity contribution in [1.82, 2.24) is 5.32 Å². The molecule has 2 N–H and O–H groups in total. The highest BCUT2D eigenvalue weighted by molar-refractivity contribution is 5.31. The minimum absolute atomic E-state index is 0.00340. The van der Waals surface area contributed by atoms with Gasteiger partial charge in [0, 0.05) is 0 Å². The lowest BCUT2D eigenvalue weighted by molar-refractivity contribution is -0.138. The van der Waals surface area contributed by atoms with Gasteiger partial charge in [0.2, 0.25) is 0 Å². The molecule has 1 aliphatic rings. The topological polar surface area (TPSA) is 32.3 Å². The maximum Gasteiger partial charge on any atom is 0.416 e. The first-order valence-corrected chi connectivity index (χ1v) is 5.63. The molecule has 1 heterocycles. The summed E-state index contributed by atoms with van der Waals surface area (Å²) in [7, 11) is 0. The second-order valence-corrected chi connectivity index (χ2v) is 4.51. The number of hydrogen-bond acceptors (Lipinski definition) is 2. The third-order valence-electron chi connectivity index (χ3n) is 3.19. The molecule has 0 spiro atoms. The van der Waals surface area contributed by atoms with Crippen LogP contribution in [0, 0.1) is 5.82 Å². The number of piperidine rings is 1. The predicted molar refractivity (Wildman–Crippen MR) is 57.4 cm³/mol. The van der Waals surface area contributed by atoms with E-state index in [9.17, 15) is 22.7 Å². The molecule has 6 heteroatoms.